The SMILES string of the molecule is COc1ccc(CN[C@H]2CC[C@]3(C)[C@@H]([C@H](C)CCCC(C)C)CC[C@@]3(C)[C@H]2O)cc1. The van der Waals surface area contributed by atoms with Gasteiger partial charge >= 0.3 is 0 Å². The summed E-state index contributed by atoms with van der Waals surface area (Å²) in [5.41, 5.74) is 1.51. The van der Waals surface area contributed by atoms with E-state index in [0.717, 1.165) is 42.9 Å². The lowest BCUT2D eigenvalue weighted by atomic mass is 9.53. The van der Waals surface area contributed by atoms with Gasteiger partial charge in [-0.25, -0.2) is 0 Å². The smallest absolute Gasteiger partial charge is 0.118 e. The number of hydrogen-bond donors (Lipinski definition) is 2. The molecule has 170 valence electrons. The Labute approximate surface area is 185 Å². The Morgan fingerprint density at radius 3 is 2.33 bits per heavy atom. The number of ether oxygens (including phenoxy) is 1. The van der Waals surface area contributed by atoms with Gasteiger partial charge in [-0.05, 0) is 66.5 Å². The van der Waals surface area contributed by atoms with Crippen LogP contribution >= 0.6 is 0 Å². The van der Waals surface area contributed by atoms with Crippen molar-refractivity contribution in [3.63, 3.8) is 0 Å². The van der Waals surface area contributed by atoms with Crippen LogP contribution in [0.5, 0.6) is 5.75 Å². The van der Waals surface area contributed by atoms with Crippen molar-refractivity contribution < 1.29 is 9.84 Å². The Balaban J connectivity index is 1.61. The van der Waals surface area contributed by atoms with Crippen LogP contribution in [0.15, 0.2) is 24.3 Å². The molecule has 0 radical (unpaired) electrons. The molecule has 0 spiro atoms. The van der Waals surface area contributed by atoms with E-state index >= 15 is 0 Å². The molecule has 2 saturated carbocycles. The Hall–Kier alpha value is -1.06. The van der Waals surface area contributed by atoms with Gasteiger partial charge in [-0.2, -0.15) is 0 Å². The molecule has 2 N–H and O–H groups in total. The molecule has 3 nitrogen and oxygen atoms in total. The fraction of sp³-hybridized carbons (Fsp3) is 0.778. The zero-order valence-corrected chi connectivity index (χ0v) is 20.2. The van der Waals surface area contributed by atoms with E-state index in [0.29, 0.717) is 0 Å². The van der Waals surface area contributed by atoms with E-state index in [1.807, 2.05) is 12.1 Å². The second-order valence-corrected chi connectivity index (χ2v) is 11.1. The minimum atomic E-state index is -0.276. The zero-order valence-electron chi connectivity index (χ0n) is 20.2. The third-order valence-electron chi connectivity index (χ3n) is 8.96. The van der Waals surface area contributed by atoms with E-state index in [2.05, 4.69) is 52.1 Å². The normalized spacial score (nSPS) is 34.7. The maximum Gasteiger partial charge on any atom is 0.118 e. The number of rotatable bonds is 9. The lowest BCUT2D eigenvalue weighted by Gasteiger charge is -2.55. The van der Waals surface area contributed by atoms with Gasteiger partial charge in [0.1, 0.15) is 5.75 Å². The molecule has 3 rings (SSSR count). The molecule has 30 heavy (non-hydrogen) atoms. The summed E-state index contributed by atoms with van der Waals surface area (Å²) in [6, 6.07) is 8.42. The Bertz CT molecular complexity index is 672. The first-order chi connectivity index (χ1) is 14.2. The van der Waals surface area contributed by atoms with Crippen LogP contribution in [0.4, 0.5) is 0 Å². The number of benzene rings is 1. The second kappa shape index (κ2) is 9.61. The Morgan fingerprint density at radius 1 is 1.03 bits per heavy atom. The van der Waals surface area contributed by atoms with Crippen molar-refractivity contribution >= 4 is 0 Å². The molecule has 2 aliphatic rings. The summed E-state index contributed by atoms with van der Waals surface area (Å²) in [5, 5.41) is 15.2. The predicted octanol–water partition coefficient (Wildman–Crippen LogP) is 6.19. The van der Waals surface area contributed by atoms with E-state index in [1.165, 1.54) is 37.7 Å². The van der Waals surface area contributed by atoms with Crippen LogP contribution in [0.1, 0.15) is 85.1 Å². The molecule has 6 atom stereocenters. The monoisotopic (exact) mass is 415 g/mol. The highest BCUT2D eigenvalue weighted by Gasteiger charge is 2.61. The standard InChI is InChI=1S/C27H45NO2/c1-19(2)8-7-9-20(3)23-14-16-27(5)25(29)24(15-17-26(23,27)4)28-18-21-10-12-22(30-6)13-11-21/h10-13,19-20,23-25,28-29H,7-9,14-18H2,1-6H3/t20-,23-,24+,25+,26-,27+/m1/s1. The van der Waals surface area contributed by atoms with E-state index in [4.69, 9.17) is 4.74 Å². The first-order valence-electron chi connectivity index (χ1n) is 12.3. The van der Waals surface area contributed by atoms with Crippen LogP contribution in [-0.2, 0) is 6.54 Å². The summed E-state index contributed by atoms with van der Waals surface area (Å²) in [6.45, 7) is 12.8. The lowest BCUT2D eigenvalue weighted by Crippen LogP contribution is -2.58. The Kier molecular flexibility index (Phi) is 7.56. The summed E-state index contributed by atoms with van der Waals surface area (Å²) < 4.78 is 5.26. The highest BCUT2D eigenvalue weighted by atomic mass is 16.5. The first-order valence-corrected chi connectivity index (χ1v) is 12.3. The van der Waals surface area contributed by atoms with E-state index in [-0.39, 0.29) is 23.0 Å². The third-order valence-corrected chi connectivity index (χ3v) is 8.96. The van der Waals surface area contributed by atoms with Gasteiger partial charge in [0.05, 0.1) is 13.2 Å². The molecule has 0 bridgehead atoms. The van der Waals surface area contributed by atoms with Crippen LogP contribution in [0, 0.1) is 28.6 Å². The van der Waals surface area contributed by atoms with Gasteiger partial charge in [-0.15, -0.1) is 0 Å². The van der Waals surface area contributed by atoms with Crippen molar-refractivity contribution in [3.8, 4) is 5.75 Å². The molecule has 1 aromatic carbocycles. The first kappa shape index (κ1) is 23.6. The van der Waals surface area contributed by atoms with Gasteiger partial charge in [0, 0.05) is 18.0 Å². The summed E-state index contributed by atoms with van der Waals surface area (Å²) >= 11 is 0. The van der Waals surface area contributed by atoms with Crippen molar-refractivity contribution in [3.05, 3.63) is 29.8 Å². The second-order valence-electron chi connectivity index (χ2n) is 11.1. The van der Waals surface area contributed by atoms with Gasteiger partial charge < -0.3 is 15.2 Å². The number of hydrogen-bond acceptors (Lipinski definition) is 3. The minimum Gasteiger partial charge on any atom is -0.497 e. The minimum absolute atomic E-state index is 0.0137. The molecule has 1 aromatic rings. The maximum atomic E-state index is 11.5. The van der Waals surface area contributed by atoms with Gasteiger partial charge in [-0.3, -0.25) is 0 Å². The number of methoxy groups -OCH3 is 1. The summed E-state index contributed by atoms with van der Waals surface area (Å²) in [5.74, 6) is 3.19. The third kappa shape index (κ3) is 4.58. The molecular formula is C27H45NO2. The van der Waals surface area contributed by atoms with Crippen molar-refractivity contribution in [2.75, 3.05) is 7.11 Å². The maximum absolute atomic E-state index is 11.5. The molecule has 0 unspecified atom stereocenters. The average molecular weight is 416 g/mol. The molecule has 0 aliphatic heterocycles. The van der Waals surface area contributed by atoms with Gasteiger partial charge in [0.2, 0.25) is 0 Å². The van der Waals surface area contributed by atoms with Crippen molar-refractivity contribution in [1.29, 1.82) is 0 Å². The number of nitrogens with one attached hydrogen (secondary N) is 1. The van der Waals surface area contributed by atoms with Crippen molar-refractivity contribution in [2.24, 2.45) is 28.6 Å². The highest BCUT2D eigenvalue weighted by molar-refractivity contribution is 5.27. The summed E-state index contributed by atoms with van der Waals surface area (Å²) in [7, 11) is 1.70. The number of fused-ring (bicyclic) bond motifs is 1. The number of aliphatic hydroxyl groups excluding tert-OH is 1. The fourth-order valence-electron chi connectivity index (χ4n) is 6.66. The summed E-state index contributed by atoms with van der Waals surface area (Å²) in [6.07, 6.45) is 8.47. The average Bonchev–Trinajstić information content (AvgIpc) is 3.00. The zero-order chi connectivity index (χ0) is 21.9. The van der Waals surface area contributed by atoms with Crippen LogP contribution in [0.3, 0.4) is 0 Å². The molecule has 3 heteroatoms. The van der Waals surface area contributed by atoms with Crippen LogP contribution in [-0.4, -0.2) is 24.4 Å². The molecule has 2 fully saturated rings. The van der Waals surface area contributed by atoms with Gasteiger partial charge in [-0.1, -0.05) is 66.0 Å². The van der Waals surface area contributed by atoms with Gasteiger partial charge in [0.25, 0.3) is 0 Å². The predicted molar refractivity (Wildman–Crippen MR) is 126 cm³/mol. The quantitative estimate of drug-likeness (QED) is 0.505. The van der Waals surface area contributed by atoms with E-state index in [9.17, 15) is 5.11 Å². The largest absolute Gasteiger partial charge is 0.497 e. The van der Waals surface area contributed by atoms with Crippen molar-refractivity contribution in [2.45, 2.75) is 98.3 Å². The topological polar surface area (TPSA) is 41.5 Å². The molecule has 0 aromatic heterocycles. The van der Waals surface area contributed by atoms with E-state index < -0.39 is 0 Å². The molecular weight excluding hydrogens is 370 g/mol. The molecule has 0 heterocycles. The van der Waals surface area contributed by atoms with Gasteiger partial charge in [0.15, 0.2) is 0 Å². The van der Waals surface area contributed by atoms with Crippen molar-refractivity contribution in [1.82, 2.24) is 5.32 Å². The molecule has 0 amide bonds. The van der Waals surface area contributed by atoms with Crippen LogP contribution in [0.2, 0.25) is 0 Å². The fourth-order valence-corrected chi connectivity index (χ4v) is 6.66. The number of aliphatic hydroxyl groups is 1. The van der Waals surface area contributed by atoms with Crippen LogP contribution in [0.25, 0.3) is 0 Å². The Morgan fingerprint density at radius 2 is 1.70 bits per heavy atom. The van der Waals surface area contributed by atoms with Crippen LogP contribution < -0.4 is 10.1 Å². The van der Waals surface area contributed by atoms with E-state index in [1.54, 1.807) is 7.11 Å². The molecule has 2 aliphatic carbocycles. The highest BCUT2D eigenvalue weighted by Crippen LogP contribution is 2.65. The lowest BCUT2D eigenvalue weighted by molar-refractivity contribution is -0.113. The summed E-state index contributed by atoms with van der Waals surface area (Å²) in [4.78, 5) is 0. The molecule has 0 saturated heterocycles.